The van der Waals surface area contributed by atoms with Crippen LogP contribution in [-0.2, 0) is 11.2 Å². The Balaban J connectivity index is 1.88. The molecule has 6 heteroatoms. The molecule has 16 heavy (non-hydrogen) atoms. The first-order valence-corrected chi connectivity index (χ1v) is 6.34. The molecule has 1 atom stereocenters. The van der Waals surface area contributed by atoms with Gasteiger partial charge in [0.2, 0.25) is 5.91 Å². The molecule has 88 valence electrons. The number of aromatic nitrogens is 1. The molecule has 1 aliphatic rings. The van der Waals surface area contributed by atoms with Crippen LogP contribution in [0.3, 0.4) is 0 Å². The Bertz CT molecular complexity index is 335. The lowest BCUT2D eigenvalue weighted by Crippen LogP contribution is -2.52. The molecule has 2 rings (SSSR count). The molecule has 5 nitrogen and oxygen atoms in total. The van der Waals surface area contributed by atoms with Gasteiger partial charge in [0, 0.05) is 38.0 Å². The monoisotopic (exact) mass is 240 g/mol. The van der Waals surface area contributed by atoms with Gasteiger partial charge in [-0.15, -0.1) is 11.3 Å². The predicted octanol–water partition coefficient (Wildman–Crippen LogP) is -0.555. The van der Waals surface area contributed by atoms with Crippen LogP contribution >= 0.6 is 11.3 Å². The molecule has 0 aliphatic carbocycles. The third-order valence-corrected chi connectivity index (χ3v) is 3.29. The Kier molecular flexibility index (Phi) is 3.87. The standard InChI is InChI=1S/C10H16N4OS/c11-9(5-8-6-16-7-13-8)10(15)14-3-1-12-2-4-14/h6-7,9,12H,1-5,11H2. The van der Waals surface area contributed by atoms with E-state index in [1.807, 2.05) is 10.3 Å². The molecule has 1 aromatic heterocycles. The predicted molar refractivity (Wildman–Crippen MR) is 63.2 cm³/mol. The number of nitrogens with two attached hydrogens (primary N) is 1. The van der Waals surface area contributed by atoms with Gasteiger partial charge >= 0.3 is 0 Å². The minimum atomic E-state index is -0.458. The minimum absolute atomic E-state index is 0.0366. The molecule has 1 aliphatic heterocycles. The van der Waals surface area contributed by atoms with Gasteiger partial charge in [-0.1, -0.05) is 0 Å². The number of amides is 1. The van der Waals surface area contributed by atoms with Crippen molar-refractivity contribution in [1.29, 1.82) is 0 Å². The van der Waals surface area contributed by atoms with Crippen LogP contribution in [0.5, 0.6) is 0 Å². The maximum absolute atomic E-state index is 12.0. The summed E-state index contributed by atoms with van der Waals surface area (Å²) in [6.45, 7) is 3.22. The first-order chi connectivity index (χ1) is 7.77. The second kappa shape index (κ2) is 5.38. The van der Waals surface area contributed by atoms with Crippen molar-refractivity contribution in [2.75, 3.05) is 26.2 Å². The first-order valence-electron chi connectivity index (χ1n) is 5.39. The van der Waals surface area contributed by atoms with Crippen molar-refractivity contribution in [3.63, 3.8) is 0 Å². The molecule has 1 amide bonds. The number of carbonyl (C=O) groups excluding carboxylic acids is 1. The summed E-state index contributed by atoms with van der Waals surface area (Å²) in [5.74, 6) is 0.0366. The lowest BCUT2D eigenvalue weighted by Gasteiger charge is -2.29. The van der Waals surface area contributed by atoms with Crippen molar-refractivity contribution >= 4 is 17.2 Å². The van der Waals surface area contributed by atoms with Gasteiger partial charge in [0.1, 0.15) is 0 Å². The quantitative estimate of drug-likeness (QED) is 0.743. The molecular weight excluding hydrogens is 224 g/mol. The zero-order chi connectivity index (χ0) is 11.4. The van der Waals surface area contributed by atoms with Crippen molar-refractivity contribution in [2.24, 2.45) is 5.73 Å². The number of thiazole rings is 1. The van der Waals surface area contributed by atoms with Crippen LogP contribution in [0, 0.1) is 0 Å². The smallest absolute Gasteiger partial charge is 0.239 e. The summed E-state index contributed by atoms with van der Waals surface area (Å²) in [5, 5.41) is 5.14. The normalized spacial score (nSPS) is 18.4. The van der Waals surface area contributed by atoms with E-state index in [-0.39, 0.29) is 5.91 Å². The van der Waals surface area contributed by atoms with E-state index in [0.717, 1.165) is 31.9 Å². The molecule has 0 spiro atoms. The van der Waals surface area contributed by atoms with E-state index < -0.39 is 6.04 Å². The van der Waals surface area contributed by atoms with Gasteiger partial charge in [0.05, 0.1) is 17.2 Å². The Morgan fingerprint density at radius 3 is 3.00 bits per heavy atom. The van der Waals surface area contributed by atoms with E-state index in [9.17, 15) is 4.79 Å². The van der Waals surface area contributed by atoms with Crippen molar-refractivity contribution in [3.8, 4) is 0 Å². The fourth-order valence-electron chi connectivity index (χ4n) is 1.77. The van der Waals surface area contributed by atoms with E-state index in [1.54, 1.807) is 5.51 Å². The van der Waals surface area contributed by atoms with Gasteiger partial charge in [-0.05, 0) is 0 Å². The van der Waals surface area contributed by atoms with Gasteiger partial charge in [-0.3, -0.25) is 4.79 Å². The molecule has 0 bridgehead atoms. The Hall–Kier alpha value is -0.980. The lowest BCUT2D eigenvalue weighted by molar-refractivity contribution is -0.133. The van der Waals surface area contributed by atoms with Crippen LogP contribution in [0.25, 0.3) is 0 Å². The molecular formula is C10H16N4OS. The van der Waals surface area contributed by atoms with Crippen molar-refractivity contribution < 1.29 is 4.79 Å². The summed E-state index contributed by atoms with van der Waals surface area (Å²) < 4.78 is 0. The summed E-state index contributed by atoms with van der Waals surface area (Å²) >= 11 is 1.53. The molecule has 3 N–H and O–H groups in total. The van der Waals surface area contributed by atoms with Crippen LogP contribution in [0.1, 0.15) is 5.69 Å². The van der Waals surface area contributed by atoms with Crippen LogP contribution < -0.4 is 11.1 Å². The van der Waals surface area contributed by atoms with E-state index in [1.165, 1.54) is 11.3 Å². The van der Waals surface area contributed by atoms with E-state index >= 15 is 0 Å². The SMILES string of the molecule is NC(Cc1cscn1)C(=O)N1CCNCC1. The van der Waals surface area contributed by atoms with E-state index in [0.29, 0.717) is 6.42 Å². The lowest BCUT2D eigenvalue weighted by atomic mass is 10.1. The van der Waals surface area contributed by atoms with Gasteiger partial charge < -0.3 is 16.0 Å². The Morgan fingerprint density at radius 1 is 1.62 bits per heavy atom. The second-order valence-electron chi connectivity index (χ2n) is 3.87. The first kappa shape index (κ1) is 11.5. The van der Waals surface area contributed by atoms with Crippen LogP contribution in [0.4, 0.5) is 0 Å². The van der Waals surface area contributed by atoms with Crippen molar-refractivity contribution in [2.45, 2.75) is 12.5 Å². The number of nitrogens with zero attached hydrogens (tertiary/aromatic N) is 2. The highest BCUT2D eigenvalue weighted by molar-refractivity contribution is 7.07. The van der Waals surface area contributed by atoms with Crippen molar-refractivity contribution in [1.82, 2.24) is 15.2 Å². The van der Waals surface area contributed by atoms with Crippen molar-refractivity contribution in [3.05, 3.63) is 16.6 Å². The van der Waals surface area contributed by atoms with E-state index in [4.69, 9.17) is 5.73 Å². The number of carbonyl (C=O) groups is 1. The fourth-order valence-corrected chi connectivity index (χ4v) is 2.34. The largest absolute Gasteiger partial charge is 0.339 e. The molecule has 0 saturated carbocycles. The number of hydrogen-bond acceptors (Lipinski definition) is 5. The molecule has 1 fully saturated rings. The molecule has 0 radical (unpaired) electrons. The van der Waals surface area contributed by atoms with Crippen LogP contribution in [0.2, 0.25) is 0 Å². The zero-order valence-corrected chi connectivity index (χ0v) is 9.87. The van der Waals surface area contributed by atoms with Gasteiger partial charge in [-0.25, -0.2) is 4.98 Å². The molecule has 1 unspecified atom stereocenters. The van der Waals surface area contributed by atoms with Gasteiger partial charge in [-0.2, -0.15) is 0 Å². The Morgan fingerprint density at radius 2 is 2.38 bits per heavy atom. The van der Waals surface area contributed by atoms with Gasteiger partial charge in [0.15, 0.2) is 0 Å². The zero-order valence-electron chi connectivity index (χ0n) is 9.06. The highest BCUT2D eigenvalue weighted by Gasteiger charge is 2.22. The summed E-state index contributed by atoms with van der Waals surface area (Å²) in [7, 11) is 0. The third kappa shape index (κ3) is 2.78. The highest BCUT2D eigenvalue weighted by atomic mass is 32.1. The molecule has 1 saturated heterocycles. The third-order valence-electron chi connectivity index (χ3n) is 2.66. The van der Waals surface area contributed by atoms with E-state index in [2.05, 4.69) is 10.3 Å². The average molecular weight is 240 g/mol. The minimum Gasteiger partial charge on any atom is -0.339 e. The number of rotatable bonds is 3. The second-order valence-corrected chi connectivity index (χ2v) is 4.58. The number of hydrogen-bond donors (Lipinski definition) is 2. The maximum atomic E-state index is 12.0. The van der Waals surface area contributed by atoms with Crippen LogP contribution in [-0.4, -0.2) is 48.0 Å². The van der Waals surface area contributed by atoms with Gasteiger partial charge in [0.25, 0.3) is 0 Å². The molecule has 2 heterocycles. The molecule has 0 aromatic carbocycles. The maximum Gasteiger partial charge on any atom is 0.239 e. The summed E-state index contributed by atoms with van der Waals surface area (Å²) in [5.41, 5.74) is 8.56. The Labute approximate surface area is 98.7 Å². The number of nitrogens with one attached hydrogen (secondary N) is 1. The highest BCUT2D eigenvalue weighted by Crippen LogP contribution is 2.06. The average Bonchev–Trinajstić information content (AvgIpc) is 2.82. The number of piperazine rings is 1. The summed E-state index contributed by atoms with van der Waals surface area (Å²) in [6, 6.07) is -0.458. The fraction of sp³-hybridized carbons (Fsp3) is 0.600. The summed E-state index contributed by atoms with van der Waals surface area (Å²) in [4.78, 5) is 17.9. The molecule has 1 aromatic rings. The summed E-state index contributed by atoms with van der Waals surface area (Å²) in [6.07, 6.45) is 0.534. The topological polar surface area (TPSA) is 71.2 Å². The van der Waals surface area contributed by atoms with Crippen LogP contribution in [0.15, 0.2) is 10.9 Å².